The standard InChI is InChI=1S/4C4H9.2C2H4O2.H2O.2Sn/c4*1-3-4-2;2*1-2(3)4;;;/h4*1,3-4H2,2H3;2*1H3,(H,3,4);1H2;;. The molecule has 164 valence electrons. The van der Waals surface area contributed by atoms with Crippen LogP contribution in [0.2, 0.25) is 17.7 Å². The Morgan fingerprint density at radius 3 is 0.852 bits per heavy atom. The molecule has 0 spiro atoms. The first-order valence-electron chi connectivity index (χ1n) is 10.1. The van der Waals surface area contributed by atoms with E-state index < -0.39 is 11.9 Å². The molecule has 0 aliphatic rings. The SMILES string of the molecule is CC(=O)O.CC(=O)O.CCC[CH2][Sn][CH2]CCC.CCC[CH2][Sn][CH2]CCC.O. The topological polar surface area (TPSA) is 106 Å². The van der Waals surface area contributed by atoms with Gasteiger partial charge < -0.3 is 15.7 Å². The normalized spacial score (nSPS) is 8.52. The van der Waals surface area contributed by atoms with Crippen molar-refractivity contribution in [3.05, 3.63) is 0 Å². The summed E-state index contributed by atoms with van der Waals surface area (Å²) in [6.07, 6.45) is 11.7. The van der Waals surface area contributed by atoms with Crippen molar-refractivity contribution in [2.45, 2.75) is 111 Å². The minimum Gasteiger partial charge on any atom is -0.412 e. The van der Waals surface area contributed by atoms with Crippen LogP contribution >= 0.6 is 0 Å². The van der Waals surface area contributed by atoms with Crippen molar-refractivity contribution in [1.82, 2.24) is 0 Å². The molecule has 0 aromatic carbocycles. The summed E-state index contributed by atoms with van der Waals surface area (Å²) in [4.78, 5) is 18.0. The number of carboxylic acids is 2. The summed E-state index contributed by atoms with van der Waals surface area (Å²) in [5.41, 5.74) is 0. The Bertz CT molecular complexity index is 219. The predicted octanol–water partition coefficient (Wildman–Crippen LogP) is 5.61. The maximum Gasteiger partial charge on any atom is -0.412 e. The molecule has 0 aromatic rings. The maximum absolute atomic E-state index is 9.00. The summed E-state index contributed by atoms with van der Waals surface area (Å²) < 4.78 is 6.50. The van der Waals surface area contributed by atoms with E-state index in [1.54, 1.807) is 17.7 Å². The van der Waals surface area contributed by atoms with Crippen LogP contribution in [0.15, 0.2) is 0 Å². The molecule has 0 aliphatic carbocycles. The fourth-order valence-corrected chi connectivity index (χ4v) is 9.77. The number of carboxylic acid groups (broad SMARTS) is 2. The molecule has 0 bridgehead atoms. The van der Waals surface area contributed by atoms with E-state index >= 15 is 0 Å². The Hall–Kier alpha value is 0.497. The number of aliphatic carboxylic acids is 2. The molecule has 0 saturated carbocycles. The summed E-state index contributed by atoms with van der Waals surface area (Å²) in [6, 6.07) is 0. The van der Waals surface area contributed by atoms with Gasteiger partial charge in [-0.05, 0) is 0 Å². The summed E-state index contributed by atoms with van der Waals surface area (Å²) in [7, 11) is 0. The molecule has 0 aliphatic heterocycles. The van der Waals surface area contributed by atoms with Crippen molar-refractivity contribution < 1.29 is 25.3 Å². The molecular weight excluding hydrogens is 558 g/mol. The van der Waals surface area contributed by atoms with Gasteiger partial charge in [-0.25, -0.2) is 0 Å². The zero-order chi connectivity index (χ0) is 21.1. The van der Waals surface area contributed by atoms with E-state index in [9.17, 15) is 0 Å². The Labute approximate surface area is 189 Å². The minimum atomic E-state index is -0.833. The van der Waals surface area contributed by atoms with Crippen LogP contribution in [0.5, 0.6) is 0 Å². The van der Waals surface area contributed by atoms with Gasteiger partial charge in [0.05, 0.1) is 0 Å². The molecule has 0 unspecified atom stereocenters. The number of rotatable bonds is 12. The molecule has 0 saturated heterocycles. The van der Waals surface area contributed by atoms with Gasteiger partial charge in [0.15, 0.2) is 0 Å². The van der Waals surface area contributed by atoms with E-state index in [1.807, 2.05) is 0 Å². The van der Waals surface area contributed by atoms with Crippen molar-refractivity contribution in [2.75, 3.05) is 0 Å². The van der Waals surface area contributed by atoms with Crippen molar-refractivity contribution >= 4 is 54.2 Å². The van der Waals surface area contributed by atoms with Gasteiger partial charge in [-0.2, -0.15) is 0 Å². The van der Waals surface area contributed by atoms with Crippen LogP contribution in [0.1, 0.15) is 92.9 Å². The van der Waals surface area contributed by atoms with E-state index in [1.165, 1.54) is 51.4 Å². The molecule has 0 rings (SSSR count). The van der Waals surface area contributed by atoms with Gasteiger partial charge in [-0.1, -0.05) is 0 Å². The zero-order valence-electron chi connectivity index (χ0n) is 18.7. The second-order valence-electron chi connectivity index (χ2n) is 5.95. The zero-order valence-corrected chi connectivity index (χ0v) is 24.4. The Kier molecular flexibility index (Phi) is 57.9. The van der Waals surface area contributed by atoms with E-state index in [2.05, 4.69) is 27.7 Å². The largest absolute Gasteiger partial charge is 0.412 e. The molecule has 5 nitrogen and oxygen atoms in total. The number of unbranched alkanes of at least 4 members (excludes halogenated alkanes) is 4. The van der Waals surface area contributed by atoms with Gasteiger partial charge in [-0.15, -0.1) is 0 Å². The number of hydrogen-bond acceptors (Lipinski definition) is 2. The second kappa shape index (κ2) is 41.0. The molecule has 0 amide bonds. The first-order chi connectivity index (χ1) is 12.3. The first-order valence-corrected chi connectivity index (χ1v) is 18.2. The number of hydrogen-bond donors (Lipinski definition) is 2. The third kappa shape index (κ3) is 102. The summed E-state index contributed by atoms with van der Waals surface area (Å²) in [5, 5.41) is 14.8. The van der Waals surface area contributed by atoms with Gasteiger partial charge >= 0.3 is 139 Å². The van der Waals surface area contributed by atoms with Gasteiger partial charge in [0.1, 0.15) is 0 Å². The van der Waals surface area contributed by atoms with Crippen LogP contribution < -0.4 is 0 Å². The monoisotopic (exact) mass is 606 g/mol. The smallest absolute Gasteiger partial charge is 0.412 e. The van der Waals surface area contributed by atoms with E-state index in [-0.39, 0.29) is 47.8 Å². The summed E-state index contributed by atoms with van der Waals surface area (Å²) >= 11 is 0.299. The predicted molar refractivity (Wildman–Crippen MR) is 121 cm³/mol. The van der Waals surface area contributed by atoms with Crippen LogP contribution in [-0.2, 0) is 9.59 Å². The van der Waals surface area contributed by atoms with E-state index in [0.29, 0.717) is 0 Å². The molecular formula is C20H46O5Sn2. The Morgan fingerprint density at radius 1 is 0.593 bits per heavy atom. The minimum absolute atomic E-state index is 0. The Balaban J connectivity index is -0.0000000843. The van der Waals surface area contributed by atoms with Crippen LogP contribution in [-0.4, -0.2) is 69.9 Å². The molecule has 7 heteroatoms. The van der Waals surface area contributed by atoms with Crippen LogP contribution in [0.3, 0.4) is 0 Å². The average Bonchev–Trinajstić information content (AvgIpc) is 2.54. The van der Waals surface area contributed by atoms with E-state index in [0.717, 1.165) is 13.8 Å². The molecule has 27 heavy (non-hydrogen) atoms. The molecule has 4 radical (unpaired) electrons. The third-order valence-corrected chi connectivity index (χ3v) is 10.9. The van der Waals surface area contributed by atoms with Crippen molar-refractivity contribution in [2.24, 2.45) is 0 Å². The van der Waals surface area contributed by atoms with Gasteiger partial charge in [0, 0.05) is 13.8 Å². The quantitative estimate of drug-likeness (QED) is 0.223. The van der Waals surface area contributed by atoms with E-state index in [4.69, 9.17) is 19.8 Å². The third-order valence-electron chi connectivity index (χ3n) is 2.83. The van der Waals surface area contributed by atoms with Crippen LogP contribution in [0, 0.1) is 0 Å². The van der Waals surface area contributed by atoms with Gasteiger partial charge in [-0.3, -0.25) is 9.59 Å². The molecule has 0 heterocycles. The van der Waals surface area contributed by atoms with Gasteiger partial charge in [0.2, 0.25) is 0 Å². The first kappa shape index (κ1) is 38.1. The Morgan fingerprint density at radius 2 is 0.741 bits per heavy atom. The van der Waals surface area contributed by atoms with Crippen LogP contribution in [0.4, 0.5) is 0 Å². The van der Waals surface area contributed by atoms with Gasteiger partial charge in [0.25, 0.3) is 11.9 Å². The van der Waals surface area contributed by atoms with Crippen molar-refractivity contribution in [3.63, 3.8) is 0 Å². The van der Waals surface area contributed by atoms with Crippen molar-refractivity contribution in [1.29, 1.82) is 0 Å². The molecule has 0 atom stereocenters. The second-order valence-corrected chi connectivity index (χ2v) is 14.5. The molecule has 0 fully saturated rings. The molecule has 0 aromatic heterocycles. The van der Waals surface area contributed by atoms with Crippen LogP contribution in [0.25, 0.3) is 0 Å². The summed E-state index contributed by atoms with van der Waals surface area (Å²) in [5.74, 6) is -1.67. The fourth-order valence-electron chi connectivity index (χ4n) is 1.46. The fraction of sp³-hybridized carbons (Fsp3) is 0.900. The molecule has 4 N–H and O–H groups in total. The van der Waals surface area contributed by atoms with Crippen molar-refractivity contribution in [3.8, 4) is 0 Å². The maximum atomic E-state index is 9.00. The average molecular weight is 604 g/mol. The number of carbonyl (C=O) groups is 2. The summed E-state index contributed by atoms with van der Waals surface area (Å²) in [6.45, 7) is 11.3.